The first-order valence-corrected chi connectivity index (χ1v) is 11.0. The highest BCUT2D eigenvalue weighted by Crippen LogP contribution is 2.40. The SMILES string of the molecule is C=C[C@@H]1CC[C@@H](CN2Cc3ccccc3C2)[C@@](NC(C)=O)(C(=O)NCCCC)C1. The van der Waals surface area contributed by atoms with Crippen LogP contribution < -0.4 is 10.6 Å². The van der Waals surface area contributed by atoms with E-state index in [0.717, 1.165) is 45.3 Å². The second kappa shape index (κ2) is 9.57. The Morgan fingerprint density at radius 3 is 2.52 bits per heavy atom. The van der Waals surface area contributed by atoms with Crippen LogP contribution in [0.2, 0.25) is 0 Å². The minimum atomic E-state index is -0.870. The van der Waals surface area contributed by atoms with E-state index in [0.29, 0.717) is 13.0 Å². The number of carbonyl (C=O) groups excluding carboxylic acids is 2. The summed E-state index contributed by atoms with van der Waals surface area (Å²) in [5.74, 6) is 0.147. The van der Waals surface area contributed by atoms with Gasteiger partial charge in [0.1, 0.15) is 5.54 Å². The minimum Gasteiger partial charge on any atom is -0.354 e. The second-order valence-corrected chi connectivity index (χ2v) is 8.67. The smallest absolute Gasteiger partial charge is 0.246 e. The molecule has 5 nitrogen and oxygen atoms in total. The second-order valence-electron chi connectivity index (χ2n) is 8.67. The van der Waals surface area contributed by atoms with Crippen LogP contribution in [0.25, 0.3) is 0 Å². The number of nitrogens with zero attached hydrogens (tertiary/aromatic N) is 1. The molecule has 3 atom stereocenters. The van der Waals surface area contributed by atoms with E-state index in [1.807, 2.05) is 6.08 Å². The third-order valence-corrected chi connectivity index (χ3v) is 6.51. The predicted molar refractivity (Wildman–Crippen MR) is 116 cm³/mol. The molecule has 1 aliphatic heterocycles. The van der Waals surface area contributed by atoms with Gasteiger partial charge in [0, 0.05) is 39.0 Å². The highest BCUT2D eigenvalue weighted by Gasteiger charge is 2.50. The Morgan fingerprint density at radius 1 is 1.24 bits per heavy atom. The minimum absolute atomic E-state index is 0.0330. The molecule has 0 spiro atoms. The number of hydrogen-bond acceptors (Lipinski definition) is 3. The normalized spacial score (nSPS) is 26.6. The number of carbonyl (C=O) groups is 2. The van der Waals surface area contributed by atoms with Gasteiger partial charge in [-0.1, -0.05) is 43.7 Å². The van der Waals surface area contributed by atoms with Crippen molar-refractivity contribution in [2.45, 2.75) is 64.6 Å². The van der Waals surface area contributed by atoms with Crippen LogP contribution in [0.15, 0.2) is 36.9 Å². The molecule has 3 rings (SSSR count). The number of nitrogens with one attached hydrogen (secondary N) is 2. The van der Waals surface area contributed by atoms with Gasteiger partial charge >= 0.3 is 0 Å². The fourth-order valence-electron chi connectivity index (χ4n) is 4.98. The zero-order valence-electron chi connectivity index (χ0n) is 17.9. The van der Waals surface area contributed by atoms with Crippen molar-refractivity contribution in [1.29, 1.82) is 0 Å². The molecule has 1 aromatic rings. The van der Waals surface area contributed by atoms with Crippen molar-refractivity contribution in [3.63, 3.8) is 0 Å². The van der Waals surface area contributed by atoms with Crippen molar-refractivity contribution < 1.29 is 9.59 Å². The van der Waals surface area contributed by atoms with Gasteiger partial charge in [0.15, 0.2) is 0 Å². The highest BCUT2D eigenvalue weighted by molar-refractivity contribution is 5.91. The highest BCUT2D eigenvalue weighted by atomic mass is 16.2. The van der Waals surface area contributed by atoms with Crippen LogP contribution >= 0.6 is 0 Å². The molecule has 1 heterocycles. The summed E-state index contributed by atoms with van der Waals surface area (Å²) in [5, 5.41) is 6.22. The maximum atomic E-state index is 13.4. The van der Waals surface area contributed by atoms with Crippen LogP contribution in [-0.4, -0.2) is 35.3 Å². The molecule has 0 aromatic heterocycles. The molecule has 1 aliphatic carbocycles. The van der Waals surface area contributed by atoms with Gasteiger partial charge in [-0.3, -0.25) is 14.5 Å². The lowest BCUT2D eigenvalue weighted by atomic mass is 9.67. The largest absolute Gasteiger partial charge is 0.354 e. The number of allylic oxidation sites excluding steroid dienone is 1. The van der Waals surface area contributed by atoms with E-state index >= 15 is 0 Å². The van der Waals surface area contributed by atoms with Gasteiger partial charge in [-0.25, -0.2) is 0 Å². The Morgan fingerprint density at radius 2 is 1.93 bits per heavy atom. The maximum Gasteiger partial charge on any atom is 0.246 e. The number of rotatable bonds is 8. The van der Waals surface area contributed by atoms with E-state index in [1.165, 1.54) is 18.1 Å². The average Bonchev–Trinajstić information content (AvgIpc) is 3.11. The number of unbranched alkanes of at least 4 members (excludes halogenated alkanes) is 1. The van der Waals surface area contributed by atoms with Crippen molar-refractivity contribution in [3.8, 4) is 0 Å². The van der Waals surface area contributed by atoms with E-state index in [2.05, 4.69) is 53.3 Å². The zero-order chi connectivity index (χ0) is 20.9. The molecule has 0 radical (unpaired) electrons. The molecule has 0 saturated heterocycles. The van der Waals surface area contributed by atoms with E-state index in [1.54, 1.807) is 0 Å². The summed E-state index contributed by atoms with van der Waals surface area (Å²) in [5.41, 5.74) is 1.86. The molecule has 2 N–H and O–H groups in total. The summed E-state index contributed by atoms with van der Waals surface area (Å²) in [6.45, 7) is 10.9. The van der Waals surface area contributed by atoms with E-state index in [9.17, 15) is 9.59 Å². The van der Waals surface area contributed by atoms with Crippen LogP contribution in [0.4, 0.5) is 0 Å². The lowest BCUT2D eigenvalue weighted by Gasteiger charge is -2.46. The summed E-state index contributed by atoms with van der Waals surface area (Å²) in [6, 6.07) is 8.53. The Labute approximate surface area is 174 Å². The first kappa shape index (κ1) is 21.6. The van der Waals surface area contributed by atoms with Gasteiger partial charge in [0.2, 0.25) is 11.8 Å². The van der Waals surface area contributed by atoms with Gasteiger partial charge in [-0.05, 0) is 42.7 Å². The molecule has 5 heteroatoms. The predicted octanol–water partition coefficient (Wildman–Crippen LogP) is 3.40. The van der Waals surface area contributed by atoms with E-state index in [-0.39, 0.29) is 23.7 Å². The Bertz CT molecular complexity index is 722. The first-order valence-electron chi connectivity index (χ1n) is 11.0. The van der Waals surface area contributed by atoms with Crippen molar-refractivity contribution in [2.24, 2.45) is 11.8 Å². The Hall–Kier alpha value is -2.14. The number of amides is 2. The summed E-state index contributed by atoms with van der Waals surface area (Å²) >= 11 is 0. The first-order chi connectivity index (χ1) is 14.0. The van der Waals surface area contributed by atoms with Gasteiger partial charge < -0.3 is 10.6 Å². The Kier molecular flexibility index (Phi) is 7.12. The molecule has 0 unspecified atom stereocenters. The van der Waals surface area contributed by atoms with Gasteiger partial charge in [0.25, 0.3) is 0 Å². The summed E-state index contributed by atoms with van der Waals surface area (Å²) in [6.07, 6.45) is 6.46. The zero-order valence-corrected chi connectivity index (χ0v) is 17.9. The fraction of sp³-hybridized carbons (Fsp3) is 0.583. The molecule has 2 aliphatic rings. The molecule has 1 aromatic carbocycles. The third kappa shape index (κ3) is 4.89. The van der Waals surface area contributed by atoms with Crippen LogP contribution in [-0.2, 0) is 22.7 Å². The van der Waals surface area contributed by atoms with Crippen molar-refractivity contribution in [2.75, 3.05) is 13.1 Å². The quantitative estimate of drug-likeness (QED) is 0.522. The molecule has 29 heavy (non-hydrogen) atoms. The monoisotopic (exact) mass is 397 g/mol. The third-order valence-electron chi connectivity index (χ3n) is 6.51. The van der Waals surface area contributed by atoms with Crippen molar-refractivity contribution in [3.05, 3.63) is 48.0 Å². The number of hydrogen-bond donors (Lipinski definition) is 2. The molecular formula is C24H35N3O2. The number of benzene rings is 1. The molecule has 158 valence electrons. The van der Waals surface area contributed by atoms with Gasteiger partial charge in [0.05, 0.1) is 0 Å². The Balaban J connectivity index is 1.82. The van der Waals surface area contributed by atoms with E-state index in [4.69, 9.17) is 0 Å². The van der Waals surface area contributed by atoms with Gasteiger partial charge in [-0.2, -0.15) is 0 Å². The van der Waals surface area contributed by atoms with Crippen LogP contribution in [0.1, 0.15) is 57.1 Å². The fourth-order valence-corrected chi connectivity index (χ4v) is 4.98. The van der Waals surface area contributed by atoms with E-state index < -0.39 is 5.54 Å². The summed E-state index contributed by atoms with van der Waals surface area (Å²) in [4.78, 5) is 28.0. The molecule has 1 fully saturated rings. The van der Waals surface area contributed by atoms with Gasteiger partial charge in [-0.15, -0.1) is 6.58 Å². The molecule has 1 saturated carbocycles. The van der Waals surface area contributed by atoms with Crippen molar-refractivity contribution >= 4 is 11.8 Å². The summed E-state index contributed by atoms with van der Waals surface area (Å²) in [7, 11) is 0. The van der Waals surface area contributed by atoms with Crippen LogP contribution in [0.3, 0.4) is 0 Å². The average molecular weight is 398 g/mol. The maximum absolute atomic E-state index is 13.4. The molecule has 0 bridgehead atoms. The lowest BCUT2D eigenvalue weighted by molar-refractivity contribution is -0.138. The summed E-state index contributed by atoms with van der Waals surface area (Å²) < 4.78 is 0. The molecule has 2 amide bonds. The van der Waals surface area contributed by atoms with Crippen LogP contribution in [0, 0.1) is 11.8 Å². The molecular weight excluding hydrogens is 362 g/mol. The van der Waals surface area contributed by atoms with Crippen molar-refractivity contribution in [1.82, 2.24) is 15.5 Å². The lowest BCUT2D eigenvalue weighted by Crippen LogP contribution is -2.66. The standard InChI is InChI=1S/C24H35N3O2/c1-4-6-13-25-23(29)24(26-18(3)28)14-19(5-2)11-12-22(24)17-27-15-20-9-7-8-10-21(20)16-27/h5,7-10,19,22H,2,4,6,11-17H2,1,3H3,(H,25,29)(H,26,28)/t19-,22+,24-/m1/s1. The topological polar surface area (TPSA) is 61.4 Å². The van der Waals surface area contributed by atoms with Crippen LogP contribution in [0.5, 0.6) is 0 Å². The number of fused-ring (bicyclic) bond motifs is 1.